The number of rotatable bonds is 1. The van der Waals surface area contributed by atoms with E-state index in [-0.39, 0.29) is 0 Å². The van der Waals surface area contributed by atoms with Crippen LogP contribution in [0.15, 0.2) is 0 Å². The van der Waals surface area contributed by atoms with Crippen molar-refractivity contribution < 1.29 is 4.74 Å². The second kappa shape index (κ2) is 3.35. The molecule has 10 heavy (non-hydrogen) atoms. The maximum Gasteiger partial charge on any atom is 0.0726 e. The third-order valence-corrected chi connectivity index (χ3v) is 1.93. The van der Waals surface area contributed by atoms with E-state index in [1.54, 1.807) is 0 Å². The molecule has 1 N–H and O–H groups in total. The first-order valence-corrected chi connectivity index (χ1v) is 4.06. The molecule has 0 aliphatic carbocycles. The van der Waals surface area contributed by atoms with Crippen molar-refractivity contribution in [3.05, 3.63) is 0 Å². The minimum atomic E-state index is 0.390. The Hall–Kier alpha value is -0.0800. The van der Waals surface area contributed by atoms with Crippen LogP contribution < -0.4 is 5.32 Å². The van der Waals surface area contributed by atoms with E-state index in [4.69, 9.17) is 4.74 Å². The van der Waals surface area contributed by atoms with Gasteiger partial charge in [-0.1, -0.05) is 13.8 Å². The first-order chi connectivity index (χ1) is 4.70. The molecule has 60 valence electrons. The predicted molar refractivity (Wildman–Crippen MR) is 42.0 cm³/mol. The van der Waals surface area contributed by atoms with Crippen molar-refractivity contribution in [2.75, 3.05) is 13.1 Å². The fourth-order valence-corrected chi connectivity index (χ4v) is 1.22. The Kier molecular flexibility index (Phi) is 2.69. The summed E-state index contributed by atoms with van der Waals surface area (Å²) in [5.41, 5.74) is 0. The molecule has 0 radical (unpaired) electrons. The maximum atomic E-state index is 5.69. The smallest absolute Gasteiger partial charge is 0.0726 e. The molecule has 0 aromatic carbocycles. The van der Waals surface area contributed by atoms with Gasteiger partial charge in [0.05, 0.1) is 12.2 Å². The van der Waals surface area contributed by atoms with Crippen molar-refractivity contribution in [1.82, 2.24) is 5.32 Å². The van der Waals surface area contributed by atoms with E-state index >= 15 is 0 Å². The highest BCUT2D eigenvalue weighted by atomic mass is 16.5. The van der Waals surface area contributed by atoms with Crippen molar-refractivity contribution in [2.24, 2.45) is 5.92 Å². The minimum Gasteiger partial charge on any atom is -0.372 e. The zero-order valence-corrected chi connectivity index (χ0v) is 7.05. The molecule has 1 aliphatic heterocycles. The number of morpholine rings is 1. The highest BCUT2D eigenvalue weighted by Gasteiger charge is 2.20. The first kappa shape index (κ1) is 8.02. The summed E-state index contributed by atoms with van der Waals surface area (Å²) in [4.78, 5) is 0. The molecule has 1 rings (SSSR count). The third-order valence-electron chi connectivity index (χ3n) is 1.93. The predicted octanol–water partition coefficient (Wildman–Crippen LogP) is 1.02. The minimum absolute atomic E-state index is 0.390. The second-order valence-corrected chi connectivity index (χ2v) is 3.39. The van der Waals surface area contributed by atoms with Crippen molar-refractivity contribution in [1.29, 1.82) is 0 Å². The Bertz CT molecular complexity index is 103. The molecule has 0 spiro atoms. The van der Waals surface area contributed by atoms with Crippen molar-refractivity contribution in [2.45, 2.75) is 33.0 Å². The summed E-state index contributed by atoms with van der Waals surface area (Å²) < 4.78 is 5.69. The molecule has 0 amide bonds. The summed E-state index contributed by atoms with van der Waals surface area (Å²) in [6.45, 7) is 8.53. The van der Waals surface area contributed by atoms with E-state index in [0.29, 0.717) is 18.1 Å². The molecule has 0 saturated carbocycles. The highest BCUT2D eigenvalue weighted by Crippen LogP contribution is 2.11. The largest absolute Gasteiger partial charge is 0.372 e. The molecular formula is C8H17NO. The van der Waals surface area contributed by atoms with Gasteiger partial charge in [0.15, 0.2) is 0 Å². The van der Waals surface area contributed by atoms with Gasteiger partial charge in [0.25, 0.3) is 0 Å². The van der Waals surface area contributed by atoms with Crippen LogP contribution >= 0.6 is 0 Å². The van der Waals surface area contributed by atoms with E-state index in [1.165, 1.54) is 0 Å². The lowest BCUT2D eigenvalue weighted by Gasteiger charge is -2.31. The van der Waals surface area contributed by atoms with Gasteiger partial charge >= 0.3 is 0 Å². The van der Waals surface area contributed by atoms with Crippen LogP contribution in [0.1, 0.15) is 20.8 Å². The van der Waals surface area contributed by atoms with Gasteiger partial charge in [0.1, 0.15) is 0 Å². The Morgan fingerprint density at radius 2 is 2.10 bits per heavy atom. The molecule has 2 atom stereocenters. The van der Waals surface area contributed by atoms with Gasteiger partial charge in [0.2, 0.25) is 0 Å². The van der Waals surface area contributed by atoms with Crippen LogP contribution in [-0.2, 0) is 4.74 Å². The summed E-state index contributed by atoms with van der Waals surface area (Å²) in [6, 6.07) is 0. The van der Waals surface area contributed by atoms with Crippen LogP contribution in [0.4, 0.5) is 0 Å². The monoisotopic (exact) mass is 143 g/mol. The van der Waals surface area contributed by atoms with E-state index in [2.05, 4.69) is 26.1 Å². The molecule has 0 unspecified atom stereocenters. The molecule has 1 aliphatic rings. The van der Waals surface area contributed by atoms with E-state index in [9.17, 15) is 0 Å². The summed E-state index contributed by atoms with van der Waals surface area (Å²) in [7, 11) is 0. The van der Waals surface area contributed by atoms with Gasteiger partial charge in [0, 0.05) is 13.1 Å². The van der Waals surface area contributed by atoms with E-state index in [0.717, 1.165) is 13.1 Å². The van der Waals surface area contributed by atoms with E-state index in [1.807, 2.05) is 0 Å². The van der Waals surface area contributed by atoms with Crippen LogP contribution in [0.5, 0.6) is 0 Å². The van der Waals surface area contributed by atoms with Crippen LogP contribution in [0, 0.1) is 5.92 Å². The lowest BCUT2D eigenvalue weighted by atomic mass is 10.1. The van der Waals surface area contributed by atoms with Gasteiger partial charge in [-0.3, -0.25) is 0 Å². The van der Waals surface area contributed by atoms with Gasteiger partial charge in [-0.05, 0) is 12.8 Å². The van der Waals surface area contributed by atoms with Crippen molar-refractivity contribution >= 4 is 0 Å². The topological polar surface area (TPSA) is 21.3 Å². The fourth-order valence-electron chi connectivity index (χ4n) is 1.22. The Morgan fingerprint density at radius 1 is 1.40 bits per heavy atom. The number of nitrogens with one attached hydrogen (secondary N) is 1. The molecule has 0 bridgehead atoms. The summed E-state index contributed by atoms with van der Waals surface area (Å²) >= 11 is 0. The standard InChI is InChI=1S/C8H17NO/c1-6(2)8-5-9-4-7(3)10-8/h6-9H,4-5H2,1-3H3/t7-,8+/m1/s1. The molecule has 0 aromatic heterocycles. The Labute approximate surface area is 63.0 Å². The number of hydrogen-bond acceptors (Lipinski definition) is 2. The zero-order chi connectivity index (χ0) is 7.56. The Balaban J connectivity index is 2.32. The highest BCUT2D eigenvalue weighted by molar-refractivity contribution is 4.73. The van der Waals surface area contributed by atoms with Gasteiger partial charge < -0.3 is 10.1 Å². The summed E-state index contributed by atoms with van der Waals surface area (Å²) in [5, 5.41) is 3.34. The molecule has 2 heteroatoms. The van der Waals surface area contributed by atoms with Crippen LogP contribution in [0.25, 0.3) is 0 Å². The van der Waals surface area contributed by atoms with Gasteiger partial charge in [-0.2, -0.15) is 0 Å². The lowest BCUT2D eigenvalue weighted by Crippen LogP contribution is -2.45. The zero-order valence-electron chi connectivity index (χ0n) is 7.05. The Morgan fingerprint density at radius 3 is 2.50 bits per heavy atom. The van der Waals surface area contributed by atoms with Gasteiger partial charge in [-0.15, -0.1) is 0 Å². The normalized spacial score (nSPS) is 34.8. The third kappa shape index (κ3) is 1.96. The fraction of sp³-hybridized carbons (Fsp3) is 1.00. The summed E-state index contributed by atoms with van der Waals surface area (Å²) in [6.07, 6.45) is 0.810. The maximum absolute atomic E-state index is 5.69. The first-order valence-electron chi connectivity index (χ1n) is 4.06. The van der Waals surface area contributed by atoms with Crippen LogP contribution in [0.2, 0.25) is 0 Å². The molecule has 0 aromatic rings. The average Bonchev–Trinajstić information content (AvgIpc) is 1.88. The second-order valence-electron chi connectivity index (χ2n) is 3.39. The molecule has 2 nitrogen and oxygen atoms in total. The van der Waals surface area contributed by atoms with Crippen molar-refractivity contribution in [3.8, 4) is 0 Å². The molecular weight excluding hydrogens is 126 g/mol. The molecule has 1 saturated heterocycles. The molecule has 1 heterocycles. The van der Waals surface area contributed by atoms with Crippen LogP contribution in [-0.4, -0.2) is 25.3 Å². The van der Waals surface area contributed by atoms with Crippen molar-refractivity contribution in [3.63, 3.8) is 0 Å². The average molecular weight is 143 g/mol. The SMILES string of the molecule is CC(C)[C@@H]1CNC[C@@H](C)O1. The number of ether oxygens (including phenoxy) is 1. The molecule has 1 fully saturated rings. The van der Waals surface area contributed by atoms with E-state index < -0.39 is 0 Å². The lowest BCUT2D eigenvalue weighted by molar-refractivity contribution is -0.0494. The number of hydrogen-bond donors (Lipinski definition) is 1. The summed E-state index contributed by atoms with van der Waals surface area (Å²) in [5.74, 6) is 0.634. The van der Waals surface area contributed by atoms with Crippen LogP contribution in [0.3, 0.4) is 0 Å². The quantitative estimate of drug-likeness (QED) is 0.591. The van der Waals surface area contributed by atoms with Gasteiger partial charge in [-0.25, -0.2) is 0 Å².